The number of alkyl halides is 1. The molecule has 1 saturated carbocycles. The number of fused-ring (bicyclic) bond motifs is 1. The fourth-order valence-corrected chi connectivity index (χ4v) is 4.06. The highest BCUT2D eigenvalue weighted by atomic mass is 79.9. The number of benzene rings is 1. The van der Waals surface area contributed by atoms with Crippen LogP contribution in [0.25, 0.3) is 0 Å². The standard InChI is InChI=1S/C16H21BrFN/c17-10-12-5-6-16(15(18)9-12)19-8-7-13-3-1-2-4-14(13)11-19/h5-6,9,13-14H,1-4,7-8,10-11H2. The fraction of sp³-hybridized carbons (Fsp3) is 0.625. The highest BCUT2D eigenvalue weighted by molar-refractivity contribution is 9.08. The lowest BCUT2D eigenvalue weighted by Gasteiger charge is -2.42. The summed E-state index contributed by atoms with van der Waals surface area (Å²) in [4.78, 5) is 2.26. The average Bonchev–Trinajstić information content (AvgIpc) is 2.46. The monoisotopic (exact) mass is 325 g/mol. The van der Waals surface area contributed by atoms with Crippen LogP contribution in [0.15, 0.2) is 18.2 Å². The van der Waals surface area contributed by atoms with Crippen molar-refractivity contribution in [2.24, 2.45) is 11.8 Å². The smallest absolute Gasteiger partial charge is 0.146 e. The molecule has 2 aliphatic rings. The van der Waals surface area contributed by atoms with Crippen molar-refractivity contribution >= 4 is 21.6 Å². The Kier molecular flexibility index (Phi) is 4.11. The summed E-state index contributed by atoms with van der Waals surface area (Å²) in [6.07, 6.45) is 6.73. The average molecular weight is 326 g/mol. The number of nitrogens with zero attached hydrogens (tertiary/aromatic N) is 1. The number of hydrogen-bond acceptors (Lipinski definition) is 1. The van der Waals surface area contributed by atoms with Crippen LogP contribution in [0.3, 0.4) is 0 Å². The van der Waals surface area contributed by atoms with E-state index in [0.29, 0.717) is 0 Å². The van der Waals surface area contributed by atoms with E-state index in [4.69, 9.17) is 0 Å². The lowest BCUT2D eigenvalue weighted by molar-refractivity contribution is 0.202. The van der Waals surface area contributed by atoms with Gasteiger partial charge in [0.2, 0.25) is 0 Å². The predicted octanol–water partition coefficient (Wildman–Crippen LogP) is 4.74. The van der Waals surface area contributed by atoms with Gasteiger partial charge in [-0.3, -0.25) is 0 Å². The molecular formula is C16H21BrFN. The van der Waals surface area contributed by atoms with Crippen LogP contribution < -0.4 is 4.90 Å². The molecule has 1 aromatic carbocycles. The van der Waals surface area contributed by atoms with Crippen LogP contribution in [0.2, 0.25) is 0 Å². The summed E-state index contributed by atoms with van der Waals surface area (Å²) in [6, 6.07) is 5.65. The van der Waals surface area contributed by atoms with Crippen molar-refractivity contribution < 1.29 is 4.39 Å². The van der Waals surface area contributed by atoms with Crippen LogP contribution in [0.4, 0.5) is 10.1 Å². The maximum absolute atomic E-state index is 14.2. The van der Waals surface area contributed by atoms with E-state index in [0.717, 1.165) is 41.5 Å². The van der Waals surface area contributed by atoms with E-state index in [9.17, 15) is 4.39 Å². The van der Waals surface area contributed by atoms with Gasteiger partial charge in [0.25, 0.3) is 0 Å². The lowest BCUT2D eigenvalue weighted by atomic mass is 9.75. The molecule has 0 bridgehead atoms. The van der Waals surface area contributed by atoms with Crippen LogP contribution in [-0.2, 0) is 5.33 Å². The summed E-state index contributed by atoms with van der Waals surface area (Å²) in [7, 11) is 0. The van der Waals surface area contributed by atoms with Gasteiger partial charge < -0.3 is 4.90 Å². The third-order valence-corrected chi connectivity index (χ3v) is 5.45. The van der Waals surface area contributed by atoms with Crippen LogP contribution >= 0.6 is 15.9 Å². The van der Waals surface area contributed by atoms with Crippen molar-refractivity contribution in [2.75, 3.05) is 18.0 Å². The van der Waals surface area contributed by atoms with E-state index in [1.165, 1.54) is 32.1 Å². The second kappa shape index (κ2) is 5.82. The molecule has 1 nitrogen and oxygen atoms in total. The zero-order valence-electron chi connectivity index (χ0n) is 11.2. The van der Waals surface area contributed by atoms with E-state index in [1.807, 2.05) is 12.1 Å². The molecule has 3 rings (SSSR count). The molecule has 3 heteroatoms. The van der Waals surface area contributed by atoms with Crippen molar-refractivity contribution in [3.05, 3.63) is 29.6 Å². The van der Waals surface area contributed by atoms with Crippen LogP contribution in [0.5, 0.6) is 0 Å². The molecule has 2 atom stereocenters. The van der Waals surface area contributed by atoms with E-state index in [-0.39, 0.29) is 5.82 Å². The molecule has 1 aliphatic carbocycles. The van der Waals surface area contributed by atoms with E-state index in [1.54, 1.807) is 6.07 Å². The molecule has 1 heterocycles. The Morgan fingerprint density at radius 1 is 1.16 bits per heavy atom. The number of halogens is 2. The van der Waals surface area contributed by atoms with Crippen molar-refractivity contribution in [2.45, 2.75) is 37.4 Å². The zero-order chi connectivity index (χ0) is 13.2. The largest absolute Gasteiger partial charge is 0.369 e. The van der Waals surface area contributed by atoms with Gasteiger partial charge in [-0.25, -0.2) is 4.39 Å². The Hall–Kier alpha value is -0.570. The Morgan fingerprint density at radius 2 is 1.95 bits per heavy atom. The third kappa shape index (κ3) is 2.81. The summed E-state index contributed by atoms with van der Waals surface area (Å²) in [6.45, 7) is 2.07. The molecule has 0 aromatic heterocycles. The highest BCUT2D eigenvalue weighted by Gasteiger charge is 2.31. The Morgan fingerprint density at radius 3 is 2.68 bits per heavy atom. The second-order valence-electron chi connectivity index (χ2n) is 5.96. The summed E-state index contributed by atoms with van der Waals surface area (Å²) < 4.78 is 14.2. The first-order chi connectivity index (χ1) is 9.28. The minimum absolute atomic E-state index is 0.0637. The second-order valence-corrected chi connectivity index (χ2v) is 6.52. The number of piperidine rings is 1. The minimum atomic E-state index is -0.0637. The van der Waals surface area contributed by atoms with Gasteiger partial charge in [0.1, 0.15) is 5.82 Å². The van der Waals surface area contributed by atoms with E-state index in [2.05, 4.69) is 20.8 Å². The number of hydrogen-bond donors (Lipinski definition) is 0. The normalized spacial score (nSPS) is 27.2. The molecule has 104 valence electrons. The van der Waals surface area contributed by atoms with Gasteiger partial charge in [-0.1, -0.05) is 41.3 Å². The molecule has 0 radical (unpaired) electrons. The molecule has 19 heavy (non-hydrogen) atoms. The maximum Gasteiger partial charge on any atom is 0.146 e. The molecular weight excluding hydrogens is 305 g/mol. The molecule has 2 fully saturated rings. The number of anilines is 1. The predicted molar refractivity (Wildman–Crippen MR) is 81.3 cm³/mol. The zero-order valence-corrected chi connectivity index (χ0v) is 12.8. The van der Waals surface area contributed by atoms with Crippen molar-refractivity contribution in [3.63, 3.8) is 0 Å². The summed E-state index contributed by atoms with van der Waals surface area (Å²) in [5.41, 5.74) is 1.81. The SMILES string of the molecule is Fc1cc(CBr)ccc1N1CCC2CCCCC2C1. The van der Waals surface area contributed by atoms with Crippen molar-refractivity contribution in [1.29, 1.82) is 0 Å². The summed E-state index contributed by atoms with van der Waals surface area (Å²) in [5, 5.41) is 0.717. The Bertz CT molecular complexity index is 448. The summed E-state index contributed by atoms with van der Waals surface area (Å²) >= 11 is 3.38. The highest BCUT2D eigenvalue weighted by Crippen LogP contribution is 2.38. The number of rotatable bonds is 2. The topological polar surface area (TPSA) is 3.24 Å². The van der Waals surface area contributed by atoms with Gasteiger partial charge in [0.05, 0.1) is 5.69 Å². The van der Waals surface area contributed by atoms with Crippen molar-refractivity contribution in [3.8, 4) is 0 Å². The van der Waals surface area contributed by atoms with Crippen LogP contribution in [0.1, 0.15) is 37.7 Å². The minimum Gasteiger partial charge on any atom is -0.369 e. The lowest BCUT2D eigenvalue weighted by Crippen LogP contribution is -2.42. The van der Waals surface area contributed by atoms with E-state index < -0.39 is 0 Å². The van der Waals surface area contributed by atoms with Gasteiger partial charge in [-0.15, -0.1) is 0 Å². The van der Waals surface area contributed by atoms with Crippen LogP contribution in [0, 0.1) is 17.7 Å². The molecule has 1 saturated heterocycles. The molecule has 2 unspecified atom stereocenters. The van der Waals surface area contributed by atoms with Gasteiger partial charge in [-0.05, 0) is 42.4 Å². The van der Waals surface area contributed by atoms with Crippen LogP contribution in [-0.4, -0.2) is 13.1 Å². The fourth-order valence-electron chi connectivity index (χ4n) is 3.71. The van der Waals surface area contributed by atoms with Gasteiger partial charge in [-0.2, -0.15) is 0 Å². The first-order valence-corrected chi connectivity index (χ1v) is 8.49. The third-order valence-electron chi connectivity index (χ3n) is 4.80. The molecule has 1 aliphatic heterocycles. The molecule has 0 amide bonds. The quantitative estimate of drug-likeness (QED) is 0.710. The maximum atomic E-state index is 14.2. The molecule has 0 spiro atoms. The molecule has 0 N–H and O–H groups in total. The Labute approximate surface area is 123 Å². The van der Waals surface area contributed by atoms with Gasteiger partial charge in [0.15, 0.2) is 0 Å². The van der Waals surface area contributed by atoms with Gasteiger partial charge in [0, 0.05) is 18.4 Å². The molecule has 1 aromatic rings. The van der Waals surface area contributed by atoms with E-state index >= 15 is 0 Å². The Balaban J connectivity index is 1.75. The first-order valence-electron chi connectivity index (χ1n) is 7.37. The summed E-state index contributed by atoms with van der Waals surface area (Å²) in [5.74, 6) is 1.62. The first kappa shape index (κ1) is 13.4. The van der Waals surface area contributed by atoms with Crippen molar-refractivity contribution in [1.82, 2.24) is 0 Å². The van der Waals surface area contributed by atoms with Gasteiger partial charge >= 0.3 is 0 Å².